The van der Waals surface area contributed by atoms with Gasteiger partial charge in [0.15, 0.2) is 0 Å². The molecule has 0 spiro atoms. The molecule has 0 aliphatic heterocycles. The summed E-state index contributed by atoms with van der Waals surface area (Å²) in [6.45, 7) is 34.8. The van der Waals surface area contributed by atoms with Gasteiger partial charge in [0.05, 0.1) is 0 Å². The average Bonchev–Trinajstić information content (AvgIpc) is 3.32. The van der Waals surface area contributed by atoms with Crippen molar-refractivity contribution in [1.29, 1.82) is 0 Å². The molecule has 0 radical (unpaired) electrons. The minimum Gasteiger partial charge on any atom is -0.0654 e. The monoisotopic (exact) mass is 621 g/mol. The lowest BCUT2D eigenvalue weighted by Gasteiger charge is -2.28. The van der Waals surface area contributed by atoms with Crippen LogP contribution in [0.2, 0.25) is 0 Å². The lowest BCUT2D eigenvalue weighted by molar-refractivity contribution is 0.233. The maximum absolute atomic E-state index is 2.38. The molecular formula is C44H92. The second kappa shape index (κ2) is 29.2. The molecular weight excluding hydrogens is 528 g/mol. The highest BCUT2D eigenvalue weighted by Crippen LogP contribution is 2.32. The summed E-state index contributed by atoms with van der Waals surface area (Å²) >= 11 is 0. The molecule has 4 saturated carbocycles. The van der Waals surface area contributed by atoms with Gasteiger partial charge in [0.2, 0.25) is 0 Å². The fourth-order valence-corrected chi connectivity index (χ4v) is 7.87. The maximum Gasteiger partial charge on any atom is -0.0438 e. The van der Waals surface area contributed by atoms with Crippen molar-refractivity contribution < 1.29 is 0 Å². The van der Waals surface area contributed by atoms with Gasteiger partial charge in [-0.1, -0.05) is 187 Å². The van der Waals surface area contributed by atoms with Crippen molar-refractivity contribution in [3.05, 3.63) is 0 Å². The summed E-state index contributed by atoms with van der Waals surface area (Å²) in [5.41, 5.74) is 0. The van der Waals surface area contributed by atoms with Gasteiger partial charge in [0.25, 0.3) is 0 Å². The SMILES string of the molecule is CC1CC(C)CC(C)C1.CC1CCC(C)C1.CC1CCC(C)CC1.CC1CCCC(C)C1.CCC(C)CC.CCCC(C)C. The molecule has 4 aliphatic carbocycles. The van der Waals surface area contributed by atoms with Crippen molar-refractivity contribution in [1.82, 2.24) is 0 Å². The van der Waals surface area contributed by atoms with E-state index in [0.717, 1.165) is 65.1 Å². The van der Waals surface area contributed by atoms with Crippen LogP contribution in [-0.4, -0.2) is 0 Å². The van der Waals surface area contributed by atoms with E-state index in [2.05, 4.69) is 104 Å². The van der Waals surface area contributed by atoms with Gasteiger partial charge in [-0.05, 0) is 97.2 Å². The zero-order valence-electron chi connectivity index (χ0n) is 34.1. The molecule has 4 atom stereocenters. The van der Waals surface area contributed by atoms with Gasteiger partial charge in [-0.3, -0.25) is 0 Å². The zero-order valence-corrected chi connectivity index (χ0v) is 34.1. The highest BCUT2D eigenvalue weighted by molar-refractivity contribution is 4.71. The molecule has 4 aliphatic rings. The van der Waals surface area contributed by atoms with Crippen LogP contribution < -0.4 is 0 Å². The Hall–Kier alpha value is 0. The van der Waals surface area contributed by atoms with E-state index in [1.807, 2.05) is 0 Å². The van der Waals surface area contributed by atoms with E-state index < -0.39 is 0 Å². The largest absolute Gasteiger partial charge is 0.0654 e. The summed E-state index contributed by atoms with van der Waals surface area (Å²) in [7, 11) is 0. The third-order valence-corrected chi connectivity index (χ3v) is 11.1. The molecule has 0 aromatic carbocycles. The summed E-state index contributed by atoms with van der Waals surface area (Å²) in [5, 5.41) is 0. The normalized spacial score (nSPS) is 33.1. The summed E-state index contributed by atoms with van der Waals surface area (Å²) in [6, 6.07) is 0. The third kappa shape index (κ3) is 30.6. The minimum absolute atomic E-state index is 0.898. The van der Waals surface area contributed by atoms with Gasteiger partial charge < -0.3 is 0 Å². The quantitative estimate of drug-likeness (QED) is 0.293. The fraction of sp³-hybridized carbons (Fsp3) is 1.00. The molecule has 0 bridgehead atoms. The van der Waals surface area contributed by atoms with Crippen molar-refractivity contribution in [3.63, 3.8) is 0 Å². The molecule has 0 heteroatoms. The second-order valence-electron chi connectivity index (χ2n) is 17.9. The van der Waals surface area contributed by atoms with E-state index in [-0.39, 0.29) is 0 Å². The number of hydrogen-bond acceptors (Lipinski definition) is 0. The minimum atomic E-state index is 0.898. The van der Waals surface area contributed by atoms with Crippen LogP contribution in [0.15, 0.2) is 0 Å². The Labute approximate surface area is 283 Å². The van der Waals surface area contributed by atoms with Gasteiger partial charge in [-0.15, -0.1) is 0 Å². The van der Waals surface area contributed by atoms with Gasteiger partial charge in [-0.25, -0.2) is 0 Å². The number of rotatable bonds is 4. The maximum atomic E-state index is 2.38. The molecule has 0 nitrogen and oxygen atoms in total. The van der Waals surface area contributed by atoms with Gasteiger partial charge in [-0.2, -0.15) is 0 Å². The van der Waals surface area contributed by atoms with Crippen LogP contribution in [-0.2, 0) is 0 Å². The first-order chi connectivity index (χ1) is 20.6. The second-order valence-corrected chi connectivity index (χ2v) is 17.9. The molecule has 4 fully saturated rings. The topological polar surface area (TPSA) is 0 Å². The van der Waals surface area contributed by atoms with Crippen molar-refractivity contribution in [2.24, 2.45) is 65.1 Å². The molecule has 0 heterocycles. The van der Waals surface area contributed by atoms with Gasteiger partial charge in [0, 0.05) is 0 Å². The Morgan fingerprint density at radius 1 is 0.386 bits per heavy atom. The molecule has 0 amide bonds. The lowest BCUT2D eigenvalue weighted by atomic mass is 9.78. The predicted molar refractivity (Wildman–Crippen MR) is 207 cm³/mol. The van der Waals surface area contributed by atoms with Gasteiger partial charge >= 0.3 is 0 Å². The molecule has 0 aromatic heterocycles. The van der Waals surface area contributed by atoms with E-state index in [9.17, 15) is 0 Å². The van der Waals surface area contributed by atoms with Crippen LogP contribution in [0.1, 0.15) is 219 Å². The van der Waals surface area contributed by atoms with Crippen LogP contribution in [0.4, 0.5) is 0 Å². The Bertz CT molecular complexity index is 514. The van der Waals surface area contributed by atoms with Crippen LogP contribution >= 0.6 is 0 Å². The molecule has 0 saturated heterocycles. The molecule has 4 unspecified atom stereocenters. The molecule has 0 N–H and O–H groups in total. The lowest BCUT2D eigenvalue weighted by Crippen LogP contribution is -2.16. The smallest absolute Gasteiger partial charge is 0.0438 e. The fourth-order valence-electron chi connectivity index (χ4n) is 7.87. The Balaban J connectivity index is 0. The van der Waals surface area contributed by atoms with Gasteiger partial charge in [0.1, 0.15) is 0 Å². The Morgan fingerprint density at radius 2 is 0.659 bits per heavy atom. The first-order valence-electron chi connectivity index (χ1n) is 20.6. The Morgan fingerprint density at radius 3 is 0.818 bits per heavy atom. The van der Waals surface area contributed by atoms with Crippen molar-refractivity contribution in [3.8, 4) is 0 Å². The van der Waals surface area contributed by atoms with E-state index in [0.29, 0.717) is 0 Å². The van der Waals surface area contributed by atoms with Crippen molar-refractivity contribution in [2.75, 3.05) is 0 Å². The summed E-state index contributed by atoms with van der Waals surface area (Å²) in [6.07, 6.45) is 26.0. The molecule has 4 rings (SSSR count). The van der Waals surface area contributed by atoms with Crippen LogP contribution in [0, 0.1) is 65.1 Å². The zero-order chi connectivity index (χ0) is 34.1. The molecule has 44 heavy (non-hydrogen) atoms. The predicted octanol–water partition coefficient (Wildman–Crippen LogP) is 16.1. The number of hydrogen-bond donors (Lipinski definition) is 0. The van der Waals surface area contributed by atoms with Crippen molar-refractivity contribution >= 4 is 0 Å². The molecule has 268 valence electrons. The van der Waals surface area contributed by atoms with E-state index in [4.69, 9.17) is 0 Å². The summed E-state index contributed by atoms with van der Waals surface area (Å²) < 4.78 is 0. The van der Waals surface area contributed by atoms with Crippen LogP contribution in [0.3, 0.4) is 0 Å². The van der Waals surface area contributed by atoms with E-state index in [1.165, 1.54) is 116 Å². The molecule has 0 aromatic rings. The average molecular weight is 621 g/mol. The third-order valence-electron chi connectivity index (χ3n) is 11.1. The highest BCUT2D eigenvalue weighted by Gasteiger charge is 2.20. The summed E-state index contributed by atoms with van der Waals surface area (Å²) in [4.78, 5) is 0. The first-order valence-corrected chi connectivity index (χ1v) is 20.6. The van der Waals surface area contributed by atoms with Crippen LogP contribution in [0.25, 0.3) is 0 Å². The first kappa shape index (κ1) is 46.1. The van der Waals surface area contributed by atoms with Crippen molar-refractivity contribution in [2.45, 2.75) is 219 Å². The highest BCUT2D eigenvalue weighted by atomic mass is 14.3. The Kier molecular flexibility index (Phi) is 30.6. The van der Waals surface area contributed by atoms with Crippen LogP contribution in [0.5, 0.6) is 0 Å². The van der Waals surface area contributed by atoms with E-state index >= 15 is 0 Å². The summed E-state index contributed by atoms with van der Waals surface area (Å²) in [5.74, 6) is 10.9. The van der Waals surface area contributed by atoms with E-state index in [1.54, 1.807) is 0 Å². The standard InChI is InChI=1S/C9H18.2C8H16.C7H14.2C6H14/c1-7-4-8(2)6-9(3)5-7;1-7-3-5-8(2)6-4-7;1-7-4-3-5-8(2)6-7;1-6-3-4-7(2)5-6;1-4-5-6(2)3;1-4-6(3)5-2/h7-9H,4-6H2,1-3H3;2*7-8H,3-6H2,1-2H3;6-7H,3-5H2,1-2H3;2*6H,4-5H2,1-3H3.